The molecule has 4 nitrogen and oxygen atoms in total. The number of esters is 1. The third-order valence-electron chi connectivity index (χ3n) is 3.22. The molecule has 0 saturated heterocycles. The number of aromatic nitrogens is 1. The van der Waals surface area contributed by atoms with Crippen LogP contribution in [0.1, 0.15) is 11.3 Å². The number of hydrogen-bond donors (Lipinski definition) is 1. The van der Waals surface area contributed by atoms with E-state index >= 15 is 0 Å². The third-order valence-corrected chi connectivity index (χ3v) is 4.55. The van der Waals surface area contributed by atoms with E-state index in [0.717, 1.165) is 26.5 Å². The van der Waals surface area contributed by atoms with Gasteiger partial charge in [-0.25, -0.2) is 4.98 Å². The maximum Gasteiger partial charge on any atom is 0.310 e. The number of thiazole rings is 1. The number of halogens is 1. The van der Waals surface area contributed by atoms with Gasteiger partial charge in [0, 0.05) is 15.5 Å². The minimum absolute atomic E-state index is 0.183. The van der Waals surface area contributed by atoms with Gasteiger partial charge in [0.25, 0.3) is 0 Å². The summed E-state index contributed by atoms with van der Waals surface area (Å²) in [6.45, 7) is 0.183. The molecule has 0 aliphatic rings. The van der Waals surface area contributed by atoms with Crippen LogP contribution >= 0.6 is 27.3 Å². The summed E-state index contributed by atoms with van der Waals surface area (Å²) in [5, 5.41) is 5.88. The Morgan fingerprint density at radius 1 is 1.12 bits per heavy atom. The number of anilines is 2. The van der Waals surface area contributed by atoms with E-state index in [9.17, 15) is 4.79 Å². The van der Waals surface area contributed by atoms with E-state index in [-0.39, 0.29) is 19.0 Å². The summed E-state index contributed by atoms with van der Waals surface area (Å²) in [6, 6.07) is 17.4. The van der Waals surface area contributed by atoms with Crippen LogP contribution in [0.3, 0.4) is 0 Å². The van der Waals surface area contributed by atoms with E-state index in [1.54, 1.807) is 0 Å². The van der Waals surface area contributed by atoms with E-state index in [2.05, 4.69) is 26.2 Å². The van der Waals surface area contributed by atoms with Crippen molar-refractivity contribution in [1.29, 1.82) is 0 Å². The zero-order chi connectivity index (χ0) is 16.8. The lowest BCUT2D eigenvalue weighted by Gasteiger charge is -2.04. The molecule has 0 saturated carbocycles. The summed E-state index contributed by atoms with van der Waals surface area (Å²) < 4.78 is 6.28. The first-order valence-corrected chi connectivity index (χ1v) is 9.03. The maximum atomic E-state index is 11.9. The number of carbonyl (C=O) groups excluding carboxylic acids is 1. The van der Waals surface area contributed by atoms with Gasteiger partial charge in [-0.1, -0.05) is 46.3 Å². The highest BCUT2D eigenvalue weighted by Crippen LogP contribution is 2.21. The minimum Gasteiger partial charge on any atom is -0.459 e. The van der Waals surface area contributed by atoms with E-state index < -0.39 is 0 Å². The number of benzene rings is 2. The quantitative estimate of drug-likeness (QED) is 0.593. The van der Waals surface area contributed by atoms with Gasteiger partial charge in [-0.15, -0.1) is 11.3 Å². The Balaban J connectivity index is 1.50. The molecule has 122 valence electrons. The molecule has 2 aromatic carbocycles. The smallest absolute Gasteiger partial charge is 0.310 e. The second-order valence-corrected chi connectivity index (χ2v) is 6.87. The van der Waals surface area contributed by atoms with Crippen LogP contribution in [0.5, 0.6) is 0 Å². The zero-order valence-corrected chi connectivity index (χ0v) is 15.1. The fraction of sp³-hybridized carbons (Fsp3) is 0.111. The lowest BCUT2D eigenvalue weighted by molar-refractivity contribution is -0.144. The molecule has 0 atom stereocenters. The van der Waals surface area contributed by atoms with Gasteiger partial charge in [-0.2, -0.15) is 0 Å². The number of rotatable bonds is 6. The van der Waals surface area contributed by atoms with Crippen LogP contribution in [0, 0.1) is 0 Å². The normalized spacial score (nSPS) is 10.4. The Bertz CT molecular complexity index is 803. The van der Waals surface area contributed by atoms with Crippen LogP contribution in [0.15, 0.2) is 64.5 Å². The van der Waals surface area contributed by atoms with Gasteiger partial charge in [0.2, 0.25) is 0 Å². The standard InChI is InChI=1S/C18H15BrN2O2S/c19-14-8-6-13(7-9-14)10-17(22)23-11-16-12-24-18(21-16)20-15-4-2-1-3-5-15/h1-9,12H,10-11H2,(H,20,21). The molecule has 0 radical (unpaired) electrons. The van der Waals surface area contributed by atoms with Crippen molar-refractivity contribution in [3.63, 3.8) is 0 Å². The lowest BCUT2D eigenvalue weighted by atomic mass is 10.2. The molecule has 0 amide bonds. The Labute approximate surface area is 152 Å². The van der Waals surface area contributed by atoms with Gasteiger partial charge in [0.15, 0.2) is 5.13 Å². The first-order valence-electron chi connectivity index (χ1n) is 7.35. The van der Waals surface area contributed by atoms with Gasteiger partial charge in [0.1, 0.15) is 6.61 Å². The molecular weight excluding hydrogens is 388 g/mol. The molecule has 0 aliphatic heterocycles. The third kappa shape index (κ3) is 4.91. The first kappa shape index (κ1) is 16.7. The van der Waals surface area contributed by atoms with Crippen molar-refractivity contribution in [1.82, 2.24) is 4.98 Å². The number of nitrogens with zero attached hydrogens (tertiary/aromatic N) is 1. The molecule has 6 heteroatoms. The molecular formula is C18H15BrN2O2S. The highest BCUT2D eigenvalue weighted by atomic mass is 79.9. The van der Waals surface area contributed by atoms with Crippen molar-refractivity contribution in [2.24, 2.45) is 0 Å². The summed E-state index contributed by atoms with van der Waals surface area (Å²) in [5.41, 5.74) is 2.64. The van der Waals surface area contributed by atoms with Crippen molar-refractivity contribution in [2.75, 3.05) is 5.32 Å². The fourth-order valence-corrected chi connectivity index (χ4v) is 3.03. The zero-order valence-electron chi connectivity index (χ0n) is 12.7. The number of para-hydroxylation sites is 1. The SMILES string of the molecule is O=C(Cc1ccc(Br)cc1)OCc1csc(Nc2ccccc2)n1. The molecule has 3 rings (SSSR count). The summed E-state index contributed by atoms with van der Waals surface area (Å²) in [6.07, 6.45) is 0.256. The van der Waals surface area contributed by atoms with E-state index in [1.165, 1.54) is 11.3 Å². The molecule has 1 aromatic heterocycles. The average molecular weight is 403 g/mol. The highest BCUT2D eigenvalue weighted by Gasteiger charge is 2.08. The predicted molar refractivity (Wildman–Crippen MR) is 99.5 cm³/mol. The summed E-state index contributed by atoms with van der Waals surface area (Å²) in [5.74, 6) is -0.261. The number of ether oxygens (including phenoxy) is 1. The van der Waals surface area contributed by atoms with Crippen LogP contribution in [0.2, 0.25) is 0 Å². The van der Waals surface area contributed by atoms with Crippen LogP contribution in [0.25, 0.3) is 0 Å². The van der Waals surface area contributed by atoms with Gasteiger partial charge in [0.05, 0.1) is 12.1 Å². The summed E-state index contributed by atoms with van der Waals surface area (Å²) in [7, 11) is 0. The number of hydrogen-bond acceptors (Lipinski definition) is 5. The average Bonchev–Trinajstić information content (AvgIpc) is 3.03. The Hall–Kier alpha value is -2.18. The van der Waals surface area contributed by atoms with Crippen molar-refractivity contribution in [3.05, 3.63) is 75.7 Å². The summed E-state index contributed by atoms with van der Waals surface area (Å²) >= 11 is 4.85. The van der Waals surface area contributed by atoms with Gasteiger partial charge in [-0.3, -0.25) is 4.79 Å². The fourth-order valence-electron chi connectivity index (χ4n) is 2.05. The van der Waals surface area contributed by atoms with Gasteiger partial charge in [-0.05, 0) is 29.8 Å². The molecule has 0 bridgehead atoms. The molecule has 0 fully saturated rings. The minimum atomic E-state index is -0.261. The predicted octanol–water partition coefficient (Wildman–Crippen LogP) is 4.94. The van der Waals surface area contributed by atoms with Crippen LogP contribution in [0.4, 0.5) is 10.8 Å². The molecule has 0 aliphatic carbocycles. The molecule has 0 unspecified atom stereocenters. The Kier molecular flexibility index (Phi) is 5.61. The largest absolute Gasteiger partial charge is 0.459 e. The maximum absolute atomic E-state index is 11.9. The molecule has 0 spiro atoms. The van der Waals surface area contributed by atoms with Gasteiger partial charge >= 0.3 is 5.97 Å². The van der Waals surface area contributed by atoms with Gasteiger partial charge < -0.3 is 10.1 Å². The number of nitrogens with one attached hydrogen (secondary N) is 1. The van der Waals surface area contributed by atoms with Crippen molar-refractivity contribution >= 4 is 44.1 Å². The van der Waals surface area contributed by atoms with Crippen molar-refractivity contribution in [3.8, 4) is 0 Å². The molecule has 1 heterocycles. The van der Waals surface area contributed by atoms with Crippen molar-refractivity contribution in [2.45, 2.75) is 13.0 Å². The lowest BCUT2D eigenvalue weighted by Crippen LogP contribution is -2.08. The monoisotopic (exact) mass is 402 g/mol. The van der Waals surface area contributed by atoms with E-state index in [0.29, 0.717) is 0 Å². The van der Waals surface area contributed by atoms with Crippen LogP contribution in [-0.2, 0) is 22.6 Å². The van der Waals surface area contributed by atoms with E-state index in [1.807, 2.05) is 60.0 Å². The van der Waals surface area contributed by atoms with Crippen LogP contribution in [-0.4, -0.2) is 11.0 Å². The Morgan fingerprint density at radius 2 is 1.88 bits per heavy atom. The van der Waals surface area contributed by atoms with E-state index in [4.69, 9.17) is 4.74 Å². The Morgan fingerprint density at radius 3 is 2.62 bits per heavy atom. The molecule has 24 heavy (non-hydrogen) atoms. The first-order chi connectivity index (χ1) is 11.7. The topological polar surface area (TPSA) is 51.2 Å². The highest BCUT2D eigenvalue weighted by molar-refractivity contribution is 9.10. The van der Waals surface area contributed by atoms with Crippen LogP contribution < -0.4 is 5.32 Å². The number of carbonyl (C=O) groups is 1. The van der Waals surface area contributed by atoms with Crippen molar-refractivity contribution < 1.29 is 9.53 Å². The summed E-state index contributed by atoms with van der Waals surface area (Å²) in [4.78, 5) is 16.3. The second kappa shape index (κ2) is 8.08. The second-order valence-electron chi connectivity index (χ2n) is 5.10. The molecule has 3 aromatic rings. The molecule has 1 N–H and O–H groups in total.